The maximum absolute atomic E-state index is 13.0. The molecule has 0 N–H and O–H groups in total. The molecule has 1 fully saturated rings. The monoisotopic (exact) mass is 391 g/mol. The fourth-order valence-electron chi connectivity index (χ4n) is 4.75. The van der Waals surface area contributed by atoms with E-state index in [0.29, 0.717) is 19.4 Å². The number of carbonyl (C=O) groups excluding carboxylic acids is 2. The summed E-state index contributed by atoms with van der Waals surface area (Å²) in [6, 6.07) is 16.4. The Hall–Kier alpha value is -3.08. The molecule has 1 atom stereocenters. The van der Waals surface area contributed by atoms with Gasteiger partial charge in [-0.1, -0.05) is 54.6 Å². The Morgan fingerprint density at radius 3 is 2.34 bits per heavy atom. The van der Waals surface area contributed by atoms with Gasteiger partial charge in [0.05, 0.1) is 7.11 Å². The number of rotatable bonds is 5. The second-order valence-corrected chi connectivity index (χ2v) is 7.58. The lowest BCUT2D eigenvalue weighted by Crippen LogP contribution is -2.53. The lowest BCUT2D eigenvalue weighted by Gasteiger charge is -2.34. The molecular formula is C24H25NO4. The Morgan fingerprint density at radius 2 is 1.76 bits per heavy atom. The van der Waals surface area contributed by atoms with Crippen LogP contribution in [0.2, 0.25) is 0 Å². The van der Waals surface area contributed by atoms with Gasteiger partial charge in [0, 0.05) is 12.5 Å². The van der Waals surface area contributed by atoms with Crippen LogP contribution >= 0.6 is 0 Å². The molecular weight excluding hydrogens is 366 g/mol. The van der Waals surface area contributed by atoms with Crippen LogP contribution in [0.1, 0.15) is 36.3 Å². The van der Waals surface area contributed by atoms with Crippen LogP contribution in [0.4, 0.5) is 4.79 Å². The molecule has 0 bridgehead atoms. The van der Waals surface area contributed by atoms with Crippen LogP contribution in [0.5, 0.6) is 0 Å². The van der Waals surface area contributed by atoms with E-state index >= 15 is 0 Å². The highest BCUT2D eigenvalue weighted by Crippen LogP contribution is 2.44. The maximum atomic E-state index is 13.0. The van der Waals surface area contributed by atoms with Crippen molar-refractivity contribution in [2.45, 2.75) is 30.7 Å². The summed E-state index contributed by atoms with van der Waals surface area (Å²) in [4.78, 5) is 27.0. The Bertz CT molecular complexity index is 908. The predicted molar refractivity (Wildman–Crippen MR) is 111 cm³/mol. The van der Waals surface area contributed by atoms with E-state index in [1.807, 2.05) is 24.3 Å². The van der Waals surface area contributed by atoms with Crippen molar-refractivity contribution >= 4 is 12.1 Å². The van der Waals surface area contributed by atoms with Gasteiger partial charge in [-0.15, -0.1) is 6.58 Å². The third-order valence-corrected chi connectivity index (χ3v) is 6.09. The topological polar surface area (TPSA) is 55.8 Å². The number of benzene rings is 2. The normalized spacial score (nSPS) is 20.1. The highest BCUT2D eigenvalue weighted by Gasteiger charge is 2.50. The number of methoxy groups -OCH3 is 1. The number of esters is 1. The van der Waals surface area contributed by atoms with E-state index in [4.69, 9.17) is 9.47 Å². The largest absolute Gasteiger partial charge is 0.467 e. The molecule has 2 aromatic rings. The minimum absolute atomic E-state index is 0.0131. The molecule has 29 heavy (non-hydrogen) atoms. The van der Waals surface area contributed by atoms with Crippen molar-refractivity contribution in [1.29, 1.82) is 0 Å². The summed E-state index contributed by atoms with van der Waals surface area (Å²) >= 11 is 0. The average Bonchev–Trinajstić information content (AvgIpc) is 3.32. The van der Waals surface area contributed by atoms with Crippen molar-refractivity contribution < 1.29 is 19.1 Å². The highest BCUT2D eigenvalue weighted by molar-refractivity contribution is 5.87. The minimum Gasteiger partial charge on any atom is -0.467 e. The number of carbonyl (C=O) groups is 2. The van der Waals surface area contributed by atoms with Gasteiger partial charge in [-0.05, 0) is 41.5 Å². The van der Waals surface area contributed by atoms with E-state index in [2.05, 4.69) is 30.8 Å². The van der Waals surface area contributed by atoms with E-state index in [9.17, 15) is 9.59 Å². The third-order valence-electron chi connectivity index (χ3n) is 6.09. The Kier molecular flexibility index (Phi) is 5.14. The van der Waals surface area contributed by atoms with Crippen molar-refractivity contribution in [3.8, 4) is 11.1 Å². The first kappa shape index (κ1) is 19.2. The van der Waals surface area contributed by atoms with E-state index in [-0.39, 0.29) is 12.5 Å². The van der Waals surface area contributed by atoms with Crippen molar-refractivity contribution in [2.24, 2.45) is 0 Å². The number of likely N-dealkylation sites (tertiary alicyclic amines) is 1. The maximum Gasteiger partial charge on any atom is 0.410 e. The van der Waals surface area contributed by atoms with Crippen molar-refractivity contribution in [2.75, 3.05) is 20.3 Å². The van der Waals surface area contributed by atoms with Crippen molar-refractivity contribution in [1.82, 2.24) is 4.90 Å². The number of hydrogen-bond acceptors (Lipinski definition) is 4. The quantitative estimate of drug-likeness (QED) is 0.555. The smallest absolute Gasteiger partial charge is 0.410 e. The predicted octanol–water partition coefficient (Wildman–Crippen LogP) is 4.52. The molecule has 0 aromatic heterocycles. The molecule has 5 nitrogen and oxygen atoms in total. The van der Waals surface area contributed by atoms with Crippen LogP contribution in [0, 0.1) is 0 Å². The summed E-state index contributed by atoms with van der Waals surface area (Å²) in [5.41, 5.74) is 3.67. The molecule has 1 saturated heterocycles. The number of amides is 1. The molecule has 2 aliphatic rings. The Balaban J connectivity index is 1.56. The molecule has 1 unspecified atom stereocenters. The summed E-state index contributed by atoms with van der Waals surface area (Å²) in [5.74, 6) is -0.427. The minimum atomic E-state index is -1.01. The third kappa shape index (κ3) is 3.11. The molecule has 150 valence electrons. The van der Waals surface area contributed by atoms with Crippen LogP contribution < -0.4 is 0 Å². The summed E-state index contributed by atoms with van der Waals surface area (Å²) in [5, 5.41) is 0. The lowest BCUT2D eigenvalue weighted by molar-refractivity contribution is -0.152. The molecule has 5 heteroatoms. The first-order valence-electron chi connectivity index (χ1n) is 9.94. The van der Waals surface area contributed by atoms with Gasteiger partial charge in [-0.3, -0.25) is 4.90 Å². The van der Waals surface area contributed by atoms with Gasteiger partial charge in [-0.25, -0.2) is 9.59 Å². The number of fused-ring (bicyclic) bond motifs is 3. The van der Waals surface area contributed by atoms with Crippen molar-refractivity contribution in [3.63, 3.8) is 0 Å². The second kappa shape index (κ2) is 7.74. The molecule has 4 rings (SSSR count). The first-order valence-corrected chi connectivity index (χ1v) is 9.94. The van der Waals surface area contributed by atoms with Crippen LogP contribution in [0.3, 0.4) is 0 Å². The van der Waals surface area contributed by atoms with E-state index in [0.717, 1.165) is 17.5 Å². The van der Waals surface area contributed by atoms with Crippen LogP contribution in [-0.4, -0.2) is 42.8 Å². The fraction of sp³-hybridized carbons (Fsp3) is 0.333. The van der Waals surface area contributed by atoms with Gasteiger partial charge in [0.1, 0.15) is 12.1 Å². The van der Waals surface area contributed by atoms with E-state index < -0.39 is 17.6 Å². The molecule has 1 amide bonds. The zero-order valence-electron chi connectivity index (χ0n) is 16.6. The molecule has 0 saturated carbocycles. The molecule has 1 heterocycles. The van der Waals surface area contributed by atoms with Gasteiger partial charge in [0.2, 0.25) is 0 Å². The average molecular weight is 391 g/mol. The van der Waals surface area contributed by atoms with Gasteiger partial charge < -0.3 is 9.47 Å². The standard InChI is InChI=1S/C24H25NO4/c1-3-13-24(22(26)28-2)14-8-15-25(24)23(27)29-16-21-19-11-6-4-9-17(19)18-10-5-7-12-20(18)21/h3-7,9-12,21H,1,8,13-16H2,2H3. The Morgan fingerprint density at radius 1 is 1.14 bits per heavy atom. The fourth-order valence-corrected chi connectivity index (χ4v) is 4.75. The molecule has 0 radical (unpaired) electrons. The second-order valence-electron chi connectivity index (χ2n) is 7.58. The molecule has 2 aromatic carbocycles. The lowest BCUT2D eigenvalue weighted by atomic mass is 9.92. The highest BCUT2D eigenvalue weighted by atomic mass is 16.6. The Labute approximate surface area is 170 Å². The molecule has 1 aliphatic heterocycles. The van der Waals surface area contributed by atoms with E-state index in [1.165, 1.54) is 23.1 Å². The van der Waals surface area contributed by atoms with Gasteiger partial charge >= 0.3 is 12.1 Å². The number of nitrogens with zero attached hydrogens (tertiary/aromatic N) is 1. The number of hydrogen-bond donors (Lipinski definition) is 0. The van der Waals surface area contributed by atoms with Gasteiger partial charge in [0.25, 0.3) is 0 Å². The van der Waals surface area contributed by atoms with Gasteiger partial charge in [0.15, 0.2) is 0 Å². The van der Waals surface area contributed by atoms with Gasteiger partial charge in [-0.2, -0.15) is 0 Å². The first-order chi connectivity index (χ1) is 14.1. The van der Waals surface area contributed by atoms with Crippen LogP contribution in [-0.2, 0) is 14.3 Å². The zero-order valence-corrected chi connectivity index (χ0v) is 16.6. The SMILES string of the molecule is C=CCC1(C(=O)OC)CCCN1C(=O)OCC1c2ccccc2-c2ccccc21. The summed E-state index contributed by atoms with van der Waals surface area (Å²) in [6.45, 7) is 4.45. The number of ether oxygens (including phenoxy) is 2. The molecule has 0 spiro atoms. The molecule has 1 aliphatic carbocycles. The van der Waals surface area contributed by atoms with Crippen molar-refractivity contribution in [3.05, 3.63) is 72.3 Å². The van der Waals surface area contributed by atoms with Crippen LogP contribution in [0.25, 0.3) is 11.1 Å². The summed E-state index contributed by atoms with van der Waals surface area (Å²) in [6.07, 6.45) is 2.82. The van der Waals surface area contributed by atoms with E-state index in [1.54, 1.807) is 6.08 Å². The summed E-state index contributed by atoms with van der Waals surface area (Å²) < 4.78 is 10.8. The van der Waals surface area contributed by atoms with Crippen LogP contribution in [0.15, 0.2) is 61.2 Å². The summed E-state index contributed by atoms with van der Waals surface area (Å²) in [7, 11) is 1.35. The zero-order chi connectivity index (χ0) is 20.4.